The van der Waals surface area contributed by atoms with Crippen molar-refractivity contribution in [2.45, 2.75) is 12.5 Å². The van der Waals surface area contributed by atoms with Gasteiger partial charge in [0.1, 0.15) is 0 Å². The Morgan fingerprint density at radius 2 is 1.77 bits per heavy atom. The van der Waals surface area contributed by atoms with Crippen LogP contribution in [-0.4, -0.2) is 15.7 Å². The second-order valence-corrected chi connectivity index (χ2v) is 7.40. The van der Waals surface area contributed by atoms with E-state index in [0.29, 0.717) is 27.2 Å². The molecule has 0 spiro atoms. The zero-order valence-electron chi connectivity index (χ0n) is 15.2. The van der Waals surface area contributed by atoms with E-state index in [-0.39, 0.29) is 17.2 Å². The number of hydrogen-bond acceptors (Lipinski definition) is 6. The summed E-state index contributed by atoms with van der Waals surface area (Å²) < 4.78 is 80.0. The molecule has 4 aromatic rings. The highest BCUT2D eigenvalue weighted by Crippen LogP contribution is 2.43. The van der Waals surface area contributed by atoms with Crippen molar-refractivity contribution >= 4 is 33.1 Å². The fourth-order valence-electron chi connectivity index (χ4n) is 3.20. The van der Waals surface area contributed by atoms with Crippen LogP contribution in [-0.2, 0) is 6.18 Å². The third-order valence-electron chi connectivity index (χ3n) is 4.52. The molecule has 0 radical (unpaired) electrons. The summed E-state index contributed by atoms with van der Waals surface area (Å²) in [7, 11) is 0. The number of hydrogen-bond donors (Lipinski definition) is 1. The summed E-state index contributed by atoms with van der Waals surface area (Å²) in [6.45, 7) is 0. The van der Waals surface area contributed by atoms with Gasteiger partial charge in [-0.3, -0.25) is 4.98 Å². The molecule has 11 heteroatoms. The van der Waals surface area contributed by atoms with E-state index in [0.717, 1.165) is 17.6 Å². The van der Waals surface area contributed by atoms with Gasteiger partial charge in [-0.1, -0.05) is 6.07 Å². The Morgan fingerprint density at radius 3 is 2.58 bits per heavy atom. The van der Waals surface area contributed by atoms with Gasteiger partial charge in [0.15, 0.2) is 17.3 Å². The van der Waals surface area contributed by atoms with E-state index < -0.39 is 18.0 Å². The Bertz CT molecular complexity index is 1310. The van der Waals surface area contributed by atoms with Crippen LogP contribution in [0.2, 0.25) is 0 Å². The smallest absolute Gasteiger partial charge is 0.395 e. The van der Waals surface area contributed by atoms with E-state index in [1.165, 1.54) is 36.5 Å². The van der Waals surface area contributed by atoms with Crippen LogP contribution in [0.25, 0.3) is 21.3 Å². The van der Waals surface area contributed by atoms with Crippen LogP contribution in [0.1, 0.15) is 5.56 Å². The lowest BCUT2D eigenvalue weighted by atomic mass is 10.0. The van der Waals surface area contributed by atoms with Crippen molar-refractivity contribution in [1.82, 2.24) is 9.36 Å². The lowest BCUT2D eigenvalue weighted by Gasteiger charge is -2.11. The molecule has 0 saturated carbocycles. The minimum Gasteiger partial charge on any atom is -0.395 e. The number of nitrogens with zero attached hydrogens (tertiary/aromatic N) is 2. The van der Waals surface area contributed by atoms with Gasteiger partial charge in [-0.25, -0.2) is 0 Å². The van der Waals surface area contributed by atoms with Crippen molar-refractivity contribution in [3.05, 3.63) is 60.3 Å². The second-order valence-electron chi connectivity index (χ2n) is 6.59. The van der Waals surface area contributed by atoms with E-state index in [4.69, 9.17) is 0 Å². The van der Waals surface area contributed by atoms with Crippen LogP contribution in [0.3, 0.4) is 0 Å². The molecule has 0 unspecified atom stereocenters. The van der Waals surface area contributed by atoms with Crippen LogP contribution in [0.5, 0.6) is 11.5 Å². The van der Waals surface area contributed by atoms with E-state index >= 15 is 0 Å². The molecule has 0 saturated heterocycles. The number of nitrogens with one attached hydrogen (secondary N) is 1. The molecule has 1 N–H and O–H groups in total. The van der Waals surface area contributed by atoms with E-state index in [1.807, 2.05) is 0 Å². The predicted molar refractivity (Wildman–Crippen MR) is 104 cm³/mol. The molecule has 0 aliphatic carbocycles. The summed E-state index contributed by atoms with van der Waals surface area (Å²) >= 11 is 1.08. The Hall–Kier alpha value is -3.47. The summed E-state index contributed by atoms with van der Waals surface area (Å²) in [4.78, 5) is 3.90. The second kappa shape index (κ2) is 6.77. The van der Waals surface area contributed by atoms with Crippen molar-refractivity contribution in [1.29, 1.82) is 0 Å². The molecule has 0 amide bonds. The monoisotopic (exact) mass is 451 g/mol. The number of fused-ring (bicyclic) bond motifs is 2. The van der Waals surface area contributed by atoms with E-state index in [1.54, 1.807) is 12.1 Å². The number of halogens is 5. The first-order chi connectivity index (χ1) is 14.7. The molecule has 1 aliphatic heterocycles. The van der Waals surface area contributed by atoms with Crippen molar-refractivity contribution in [2.75, 3.05) is 5.32 Å². The number of benzene rings is 2. The van der Waals surface area contributed by atoms with Gasteiger partial charge >= 0.3 is 12.5 Å². The van der Waals surface area contributed by atoms with Gasteiger partial charge in [0.2, 0.25) is 0 Å². The van der Waals surface area contributed by atoms with E-state index in [9.17, 15) is 22.0 Å². The number of pyridine rings is 1. The Labute approximate surface area is 175 Å². The highest BCUT2D eigenvalue weighted by atomic mass is 32.1. The van der Waals surface area contributed by atoms with Gasteiger partial charge in [0.05, 0.1) is 16.0 Å². The van der Waals surface area contributed by atoms with Crippen molar-refractivity contribution < 1.29 is 31.4 Å². The van der Waals surface area contributed by atoms with Gasteiger partial charge in [-0.2, -0.15) is 17.5 Å². The molecule has 0 atom stereocenters. The zero-order valence-corrected chi connectivity index (χ0v) is 16.0. The van der Waals surface area contributed by atoms with Crippen LogP contribution in [0, 0.1) is 0 Å². The molecule has 5 rings (SSSR count). The maximum absolute atomic E-state index is 13.3. The maximum Gasteiger partial charge on any atom is 0.586 e. The normalized spacial score (nSPS) is 14.7. The molecule has 1 aliphatic rings. The molecule has 3 heterocycles. The topological polar surface area (TPSA) is 56.3 Å². The van der Waals surface area contributed by atoms with Crippen molar-refractivity contribution in [3.8, 4) is 22.8 Å². The maximum atomic E-state index is 13.3. The molecule has 31 heavy (non-hydrogen) atoms. The van der Waals surface area contributed by atoms with Crippen LogP contribution in [0.15, 0.2) is 54.7 Å². The molecule has 5 nitrogen and oxygen atoms in total. The minimum absolute atomic E-state index is 0.0841. The van der Waals surface area contributed by atoms with Gasteiger partial charge in [-0.05, 0) is 47.9 Å². The molecular weight excluding hydrogens is 441 g/mol. The molecule has 0 fully saturated rings. The van der Waals surface area contributed by atoms with Crippen LogP contribution < -0.4 is 14.8 Å². The Morgan fingerprint density at radius 1 is 0.968 bits per heavy atom. The standard InChI is InChI=1S/C20H10F5N3O2S/c21-19(22,23)13-2-1-7-26-17(13)10-3-5-12-16(8-10)31-28-18(12)27-11-4-6-14-15(9-11)30-20(24,25)29-14/h1-9H,(H,27,28). The van der Waals surface area contributed by atoms with Crippen LogP contribution >= 0.6 is 11.5 Å². The average molecular weight is 451 g/mol. The van der Waals surface area contributed by atoms with Crippen LogP contribution in [0.4, 0.5) is 33.5 Å². The summed E-state index contributed by atoms with van der Waals surface area (Å²) in [5.74, 6) is 0.222. The fourth-order valence-corrected chi connectivity index (χ4v) is 3.98. The van der Waals surface area contributed by atoms with Gasteiger partial charge < -0.3 is 14.8 Å². The zero-order chi connectivity index (χ0) is 21.8. The van der Waals surface area contributed by atoms with Crippen molar-refractivity contribution in [3.63, 3.8) is 0 Å². The number of ether oxygens (including phenoxy) is 2. The predicted octanol–water partition coefficient (Wildman–Crippen LogP) is 6.44. The van der Waals surface area contributed by atoms with Crippen molar-refractivity contribution in [2.24, 2.45) is 0 Å². The van der Waals surface area contributed by atoms with Gasteiger partial charge in [-0.15, -0.1) is 8.78 Å². The Balaban J connectivity index is 1.47. The lowest BCUT2D eigenvalue weighted by molar-refractivity contribution is -0.286. The summed E-state index contributed by atoms with van der Waals surface area (Å²) in [6.07, 6.45) is -6.95. The first-order valence-electron chi connectivity index (χ1n) is 8.78. The fraction of sp³-hybridized carbons (Fsp3) is 0.100. The molecular formula is C20H10F5N3O2S. The average Bonchev–Trinajstić information content (AvgIpc) is 3.25. The number of rotatable bonds is 3. The summed E-state index contributed by atoms with van der Waals surface area (Å²) in [5, 5.41) is 3.66. The molecule has 158 valence electrons. The lowest BCUT2D eigenvalue weighted by Crippen LogP contribution is -2.25. The minimum atomic E-state index is -4.53. The summed E-state index contributed by atoms with van der Waals surface area (Å²) in [6, 6.07) is 11.2. The SMILES string of the molecule is FC1(F)Oc2ccc(Nc3nsc4cc(-c5ncccc5C(F)(F)F)ccc34)cc2O1. The largest absolute Gasteiger partial charge is 0.586 e. The van der Waals surface area contributed by atoms with Gasteiger partial charge in [0.25, 0.3) is 0 Å². The highest BCUT2D eigenvalue weighted by Gasteiger charge is 2.43. The first kappa shape index (κ1) is 19.5. The third-order valence-corrected chi connectivity index (χ3v) is 5.33. The number of aromatic nitrogens is 2. The Kier molecular flexibility index (Phi) is 4.26. The highest BCUT2D eigenvalue weighted by molar-refractivity contribution is 7.13. The molecule has 2 aromatic carbocycles. The summed E-state index contributed by atoms with van der Waals surface area (Å²) in [5.41, 5.74) is -0.257. The number of alkyl halides is 5. The number of anilines is 2. The molecule has 2 aromatic heterocycles. The van der Waals surface area contributed by atoms with E-state index in [2.05, 4.69) is 24.1 Å². The first-order valence-corrected chi connectivity index (χ1v) is 9.56. The van der Waals surface area contributed by atoms with Gasteiger partial charge in [0, 0.05) is 28.9 Å². The molecule has 0 bridgehead atoms. The third kappa shape index (κ3) is 3.61. The quantitative estimate of drug-likeness (QED) is 0.363.